The van der Waals surface area contributed by atoms with Gasteiger partial charge in [-0.15, -0.1) is 0 Å². The molecule has 114 valence electrons. The number of nitrogens with one attached hydrogen (secondary N) is 1. The fraction of sp³-hybridized carbons (Fsp3) is 0.929. The fourth-order valence-electron chi connectivity index (χ4n) is 3.53. The molecule has 0 aromatic rings. The first-order valence-electron chi connectivity index (χ1n) is 7.73. The van der Waals surface area contributed by atoms with Crippen LogP contribution in [0.1, 0.15) is 25.7 Å². The highest BCUT2D eigenvalue weighted by atomic mass is 32.2. The van der Waals surface area contributed by atoms with Gasteiger partial charge in [0, 0.05) is 26.7 Å². The van der Waals surface area contributed by atoms with E-state index in [9.17, 15) is 8.42 Å². The molecule has 1 saturated carbocycles. The quantitative estimate of drug-likeness (QED) is 0.616. The Labute approximate surface area is 121 Å². The monoisotopic (exact) mass is 299 g/mol. The van der Waals surface area contributed by atoms with Gasteiger partial charge in [-0.2, -0.15) is 0 Å². The van der Waals surface area contributed by atoms with Crippen molar-refractivity contribution in [2.45, 2.75) is 25.7 Å². The van der Waals surface area contributed by atoms with Crippen LogP contribution in [0.5, 0.6) is 0 Å². The lowest BCUT2D eigenvalue weighted by atomic mass is 10.0. The predicted molar refractivity (Wildman–Crippen MR) is 80.5 cm³/mol. The molecule has 3 aliphatic rings. The number of nitrogens with zero attached hydrogens (tertiary/aromatic N) is 2. The zero-order chi connectivity index (χ0) is 14.2. The van der Waals surface area contributed by atoms with Crippen molar-refractivity contribution >= 4 is 15.8 Å². The molecule has 0 aromatic carbocycles. The minimum atomic E-state index is -2.77. The highest BCUT2D eigenvalue weighted by Gasteiger charge is 2.37. The van der Waals surface area contributed by atoms with Gasteiger partial charge >= 0.3 is 0 Å². The van der Waals surface area contributed by atoms with Gasteiger partial charge in [0.25, 0.3) is 0 Å². The van der Waals surface area contributed by atoms with Crippen LogP contribution in [0.15, 0.2) is 4.99 Å². The fourth-order valence-corrected chi connectivity index (χ4v) is 5.39. The predicted octanol–water partition coefficient (Wildman–Crippen LogP) is 0.728. The van der Waals surface area contributed by atoms with Gasteiger partial charge in [0.1, 0.15) is 0 Å². The molecule has 0 radical (unpaired) electrons. The Hall–Kier alpha value is -0.780. The van der Waals surface area contributed by atoms with Gasteiger partial charge in [-0.3, -0.25) is 4.99 Å². The number of hydrogen-bond donors (Lipinski definition) is 1. The summed E-state index contributed by atoms with van der Waals surface area (Å²) in [6.07, 6.45) is 4.88. The topological polar surface area (TPSA) is 61.8 Å². The Kier molecular flexibility index (Phi) is 3.93. The maximum Gasteiger partial charge on any atom is 0.193 e. The van der Waals surface area contributed by atoms with Crippen molar-refractivity contribution in [3.05, 3.63) is 0 Å². The van der Waals surface area contributed by atoms with Gasteiger partial charge in [0.2, 0.25) is 0 Å². The lowest BCUT2D eigenvalue weighted by molar-refractivity contribution is 0.430. The standard InChI is InChI=1S/C14H25N3O2S/c1-15-14(16-8-11-5-7-20(18,19)10-11)17-6-4-13(9-17)12-2-3-12/h11-13H,2-10H2,1H3,(H,15,16). The molecular weight excluding hydrogens is 274 g/mol. The van der Waals surface area contributed by atoms with E-state index in [1.165, 1.54) is 19.3 Å². The van der Waals surface area contributed by atoms with Crippen molar-refractivity contribution in [2.24, 2.45) is 22.7 Å². The van der Waals surface area contributed by atoms with Crippen molar-refractivity contribution in [3.8, 4) is 0 Å². The third-order valence-electron chi connectivity index (χ3n) is 4.90. The lowest BCUT2D eigenvalue weighted by Gasteiger charge is -2.23. The van der Waals surface area contributed by atoms with Crippen LogP contribution in [0.4, 0.5) is 0 Å². The molecule has 0 aromatic heterocycles. The van der Waals surface area contributed by atoms with Crippen LogP contribution in [0.3, 0.4) is 0 Å². The van der Waals surface area contributed by atoms with Crippen LogP contribution in [0, 0.1) is 17.8 Å². The molecule has 2 atom stereocenters. The molecule has 2 heterocycles. The summed E-state index contributed by atoms with van der Waals surface area (Å²) in [4.78, 5) is 6.70. The molecule has 1 aliphatic carbocycles. The van der Waals surface area contributed by atoms with Crippen LogP contribution in [0.2, 0.25) is 0 Å². The molecule has 20 heavy (non-hydrogen) atoms. The SMILES string of the molecule is CN=C(NCC1CCS(=O)(=O)C1)N1CCC(C2CC2)C1. The van der Waals surface area contributed by atoms with Crippen LogP contribution in [-0.2, 0) is 9.84 Å². The Morgan fingerprint density at radius 2 is 2.05 bits per heavy atom. The maximum atomic E-state index is 11.5. The smallest absolute Gasteiger partial charge is 0.193 e. The first kappa shape index (κ1) is 14.2. The van der Waals surface area contributed by atoms with Gasteiger partial charge in [-0.25, -0.2) is 8.42 Å². The summed E-state index contributed by atoms with van der Waals surface area (Å²) in [5, 5.41) is 3.38. The molecule has 1 N–H and O–H groups in total. The lowest BCUT2D eigenvalue weighted by Crippen LogP contribution is -2.42. The first-order valence-corrected chi connectivity index (χ1v) is 9.55. The van der Waals surface area contributed by atoms with Crippen LogP contribution in [-0.4, -0.2) is 57.5 Å². The highest BCUT2D eigenvalue weighted by Crippen LogP contribution is 2.41. The summed E-state index contributed by atoms with van der Waals surface area (Å²) in [7, 11) is -0.957. The number of rotatable bonds is 3. The minimum absolute atomic E-state index is 0.249. The Bertz CT molecular complexity index is 485. The van der Waals surface area contributed by atoms with Crippen LogP contribution < -0.4 is 5.32 Å². The van der Waals surface area contributed by atoms with Gasteiger partial charge in [-0.05, 0) is 43.4 Å². The summed E-state index contributed by atoms with van der Waals surface area (Å²) in [6, 6.07) is 0. The molecule has 0 bridgehead atoms. The van der Waals surface area contributed by atoms with E-state index in [1.807, 2.05) is 7.05 Å². The Balaban J connectivity index is 1.48. The van der Waals surface area contributed by atoms with Crippen molar-refractivity contribution in [2.75, 3.05) is 38.2 Å². The number of hydrogen-bond acceptors (Lipinski definition) is 3. The Morgan fingerprint density at radius 1 is 1.25 bits per heavy atom. The molecule has 2 unspecified atom stereocenters. The Morgan fingerprint density at radius 3 is 2.65 bits per heavy atom. The van der Waals surface area contributed by atoms with Crippen LogP contribution >= 0.6 is 0 Å². The van der Waals surface area contributed by atoms with E-state index in [-0.39, 0.29) is 5.92 Å². The number of aliphatic imine (C=N–C) groups is 1. The van der Waals surface area contributed by atoms with Gasteiger partial charge in [0.05, 0.1) is 11.5 Å². The second kappa shape index (κ2) is 5.54. The molecule has 3 fully saturated rings. The summed E-state index contributed by atoms with van der Waals surface area (Å²) >= 11 is 0. The molecule has 0 spiro atoms. The van der Waals surface area contributed by atoms with Crippen LogP contribution in [0.25, 0.3) is 0 Å². The summed E-state index contributed by atoms with van der Waals surface area (Å²) in [6.45, 7) is 2.94. The van der Waals surface area contributed by atoms with Crippen molar-refractivity contribution in [1.82, 2.24) is 10.2 Å². The van der Waals surface area contributed by atoms with Crippen molar-refractivity contribution < 1.29 is 8.42 Å². The number of sulfone groups is 1. The van der Waals surface area contributed by atoms with Gasteiger partial charge < -0.3 is 10.2 Å². The molecule has 2 saturated heterocycles. The van der Waals surface area contributed by atoms with Gasteiger partial charge in [0.15, 0.2) is 15.8 Å². The third kappa shape index (κ3) is 3.27. The summed E-state index contributed by atoms with van der Waals surface area (Å²) < 4.78 is 22.9. The number of guanidine groups is 1. The third-order valence-corrected chi connectivity index (χ3v) is 6.74. The van der Waals surface area contributed by atoms with Gasteiger partial charge in [-0.1, -0.05) is 0 Å². The highest BCUT2D eigenvalue weighted by molar-refractivity contribution is 7.91. The summed E-state index contributed by atoms with van der Waals surface area (Å²) in [5.74, 6) is 3.70. The zero-order valence-corrected chi connectivity index (χ0v) is 13.0. The van der Waals surface area contributed by atoms with E-state index in [4.69, 9.17) is 0 Å². The van der Waals surface area contributed by atoms with E-state index >= 15 is 0 Å². The van der Waals surface area contributed by atoms with E-state index < -0.39 is 9.84 Å². The van der Waals surface area contributed by atoms with E-state index in [1.54, 1.807) is 0 Å². The zero-order valence-electron chi connectivity index (χ0n) is 12.2. The molecule has 3 rings (SSSR count). The molecule has 2 aliphatic heterocycles. The molecule has 5 nitrogen and oxygen atoms in total. The van der Waals surface area contributed by atoms with Crippen molar-refractivity contribution in [3.63, 3.8) is 0 Å². The largest absolute Gasteiger partial charge is 0.356 e. The molecule has 6 heteroatoms. The number of likely N-dealkylation sites (tertiary alicyclic amines) is 1. The first-order chi connectivity index (χ1) is 9.57. The minimum Gasteiger partial charge on any atom is -0.356 e. The second-order valence-corrected chi connectivity index (χ2v) is 8.76. The molecular formula is C14H25N3O2S. The van der Waals surface area contributed by atoms with E-state index in [0.717, 1.165) is 43.9 Å². The average molecular weight is 299 g/mol. The van der Waals surface area contributed by atoms with E-state index in [2.05, 4.69) is 15.2 Å². The summed E-state index contributed by atoms with van der Waals surface area (Å²) in [5.41, 5.74) is 0. The second-order valence-electron chi connectivity index (χ2n) is 6.53. The maximum absolute atomic E-state index is 11.5. The normalized spacial score (nSPS) is 33.6. The van der Waals surface area contributed by atoms with E-state index in [0.29, 0.717) is 11.5 Å². The molecule has 0 amide bonds. The average Bonchev–Trinajstić information content (AvgIpc) is 3.05. The van der Waals surface area contributed by atoms with Crippen molar-refractivity contribution in [1.29, 1.82) is 0 Å².